The van der Waals surface area contributed by atoms with E-state index in [0.717, 1.165) is 44.2 Å². The normalized spacial score (nSPS) is 14.1. The molecule has 11 aromatic rings. The summed E-state index contributed by atoms with van der Waals surface area (Å²) in [6, 6.07) is 64.7. The van der Waals surface area contributed by atoms with Gasteiger partial charge in [-0.2, -0.15) is 5.26 Å². The SMILES string of the molecule is CC1(C)c2ccccc2-c2ccc(-c3c4ccc(-c5ccc6oc7ccc(C#N)cc7c6c5)cc4c(-c4ccc5c(c4)C(C)(C)c4ccccc4-5)c4ccc(-c5cccnc5)cc34)cc21. The highest BCUT2D eigenvalue weighted by Crippen LogP contribution is 2.54. The van der Waals surface area contributed by atoms with E-state index in [1.165, 1.54) is 88.3 Å². The monoisotopic (exact) mass is 830 g/mol. The van der Waals surface area contributed by atoms with Crippen LogP contribution in [0.1, 0.15) is 55.5 Å². The number of benzene rings is 9. The largest absolute Gasteiger partial charge is 0.456 e. The van der Waals surface area contributed by atoms with Crippen LogP contribution in [-0.2, 0) is 10.8 Å². The third kappa shape index (κ3) is 5.38. The number of hydrogen-bond donors (Lipinski definition) is 0. The maximum atomic E-state index is 9.77. The maximum absolute atomic E-state index is 9.77. The van der Waals surface area contributed by atoms with Gasteiger partial charge in [-0.15, -0.1) is 0 Å². The van der Waals surface area contributed by atoms with Crippen LogP contribution in [-0.4, -0.2) is 4.98 Å². The first-order valence-electron chi connectivity index (χ1n) is 22.5. The quantitative estimate of drug-likeness (QED) is 0.166. The lowest BCUT2D eigenvalue weighted by molar-refractivity contribution is 0.660. The van der Waals surface area contributed by atoms with E-state index in [0.29, 0.717) is 5.56 Å². The molecule has 2 aromatic heterocycles. The molecule has 13 rings (SSSR count). The van der Waals surface area contributed by atoms with Crippen molar-refractivity contribution < 1.29 is 4.42 Å². The van der Waals surface area contributed by atoms with Crippen LogP contribution in [0.25, 0.3) is 110 Å². The van der Waals surface area contributed by atoms with Gasteiger partial charge in [0.15, 0.2) is 0 Å². The van der Waals surface area contributed by atoms with E-state index in [2.05, 4.69) is 184 Å². The summed E-state index contributed by atoms with van der Waals surface area (Å²) >= 11 is 0. The highest BCUT2D eigenvalue weighted by Gasteiger charge is 2.37. The summed E-state index contributed by atoms with van der Waals surface area (Å²) in [4.78, 5) is 4.53. The Balaban J connectivity index is 1.12. The first-order chi connectivity index (χ1) is 31.7. The predicted octanol–water partition coefficient (Wildman–Crippen LogP) is 16.4. The van der Waals surface area contributed by atoms with Gasteiger partial charge in [0.2, 0.25) is 0 Å². The Morgan fingerprint density at radius 3 is 1.43 bits per heavy atom. The number of furan rings is 1. The third-order valence-corrected chi connectivity index (χ3v) is 14.8. The molecule has 0 unspecified atom stereocenters. The fourth-order valence-electron chi connectivity index (χ4n) is 11.5. The number of fused-ring (bicyclic) bond motifs is 11. The predicted molar refractivity (Wildman–Crippen MR) is 268 cm³/mol. The fourth-order valence-corrected chi connectivity index (χ4v) is 11.5. The Labute approximate surface area is 377 Å². The molecule has 2 heterocycles. The van der Waals surface area contributed by atoms with Crippen molar-refractivity contribution in [2.24, 2.45) is 0 Å². The maximum Gasteiger partial charge on any atom is 0.135 e. The summed E-state index contributed by atoms with van der Waals surface area (Å²) < 4.78 is 6.27. The van der Waals surface area contributed by atoms with Crippen LogP contribution in [0.15, 0.2) is 187 Å². The van der Waals surface area contributed by atoms with Crippen LogP contribution >= 0.6 is 0 Å². The molecule has 3 nitrogen and oxygen atoms in total. The van der Waals surface area contributed by atoms with Crippen LogP contribution in [0.5, 0.6) is 0 Å². The standard InChI is InChI=1S/C62H42N2O/c1-61(2)53-13-7-5-11-43(53)45-21-18-40(32-55(45)61)59-48-24-17-39(42-10-9-27-64-35-42)31-52(48)60(41-19-22-46-44-12-6-8-14-54(44)62(3,4)56(46)33-41)47-23-16-37(30-51(47)59)38-20-26-58-50(29-38)49-28-36(34-63)15-25-57(49)65-58/h5-33,35H,1-4H3. The van der Waals surface area contributed by atoms with Gasteiger partial charge in [-0.25, -0.2) is 0 Å². The van der Waals surface area contributed by atoms with Gasteiger partial charge in [-0.05, 0) is 166 Å². The Morgan fingerprint density at radius 2 is 0.877 bits per heavy atom. The van der Waals surface area contributed by atoms with Gasteiger partial charge in [0.1, 0.15) is 11.2 Å². The molecular formula is C62H42N2O. The van der Waals surface area contributed by atoms with Gasteiger partial charge in [0.25, 0.3) is 0 Å². The van der Waals surface area contributed by atoms with Crippen molar-refractivity contribution in [3.63, 3.8) is 0 Å². The number of pyridine rings is 1. The average Bonchev–Trinajstić information content (AvgIpc) is 3.91. The summed E-state index contributed by atoms with van der Waals surface area (Å²) in [5.74, 6) is 0. The molecule has 65 heavy (non-hydrogen) atoms. The third-order valence-electron chi connectivity index (χ3n) is 14.8. The molecule has 0 N–H and O–H groups in total. The summed E-state index contributed by atoms with van der Waals surface area (Å²) in [5, 5.41) is 16.5. The Kier molecular flexibility index (Phi) is 7.77. The van der Waals surface area contributed by atoms with Gasteiger partial charge in [0.05, 0.1) is 11.6 Å². The molecule has 2 aliphatic carbocycles. The van der Waals surface area contributed by atoms with Crippen molar-refractivity contribution in [3.8, 4) is 72.8 Å². The molecular weight excluding hydrogens is 789 g/mol. The van der Waals surface area contributed by atoms with Crippen LogP contribution in [0.2, 0.25) is 0 Å². The van der Waals surface area contributed by atoms with Gasteiger partial charge in [-0.1, -0.05) is 137 Å². The molecule has 9 aromatic carbocycles. The summed E-state index contributed by atoms with van der Waals surface area (Å²) in [5.41, 5.74) is 21.8. The van der Waals surface area contributed by atoms with Crippen molar-refractivity contribution in [1.82, 2.24) is 4.98 Å². The zero-order valence-electron chi connectivity index (χ0n) is 36.6. The van der Waals surface area contributed by atoms with Crippen LogP contribution in [0.4, 0.5) is 0 Å². The van der Waals surface area contributed by atoms with Crippen molar-refractivity contribution in [3.05, 3.63) is 210 Å². The second-order valence-corrected chi connectivity index (χ2v) is 19.0. The number of nitriles is 1. The van der Waals surface area contributed by atoms with E-state index >= 15 is 0 Å². The minimum Gasteiger partial charge on any atom is -0.456 e. The van der Waals surface area contributed by atoms with E-state index in [1.54, 1.807) is 0 Å². The highest BCUT2D eigenvalue weighted by atomic mass is 16.3. The molecule has 0 atom stereocenters. The zero-order chi connectivity index (χ0) is 43.8. The molecule has 0 saturated heterocycles. The van der Waals surface area contributed by atoms with E-state index in [9.17, 15) is 5.26 Å². The smallest absolute Gasteiger partial charge is 0.135 e. The Morgan fingerprint density at radius 1 is 0.400 bits per heavy atom. The fraction of sp³-hybridized carbons (Fsp3) is 0.0968. The molecule has 0 amide bonds. The van der Waals surface area contributed by atoms with Crippen LogP contribution in [0, 0.1) is 11.3 Å². The lowest BCUT2D eigenvalue weighted by Crippen LogP contribution is -2.15. The zero-order valence-corrected chi connectivity index (χ0v) is 36.6. The Hall–Kier alpha value is -8.06. The van der Waals surface area contributed by atoms with Crippen molar-refractivity contribution in [1.29, 1.82) is 5.26 Å². The summed E-state index contributed by atoms with van der Waals surface area (Å²) in [7, 11) is 0. The first kappa shape index (κ1) is 37.5. The second kappa shape index (κ2) is 13.5. The van der Waals surface area contributed by atoms with Gasteiger partial charge >= 0.3 is 0 Å². The molecule has 0 spiro atoms. The molecule has 0 bridgehead atoms. The molecule has 2 aliphatic rings. The van der Waals surface area contributed by atoms with Gasteiger partial charge in [-0.3, -0.25) is 4.98 Å². The molecule has 3 heteroatoms. The summed E-state index contributed by atoms with van der Waals surface area (Å²) in [6.45, 7) is 9.45. The molecule has 306 valence electrons. The number of aromatic nitrogens is 1. The van der Waals surface area contributed by atoms with E-state index in [-0.39, 0.29) is 10.8 Å². The topological polar surface area (TPSA) is 49.8 Å². The van der Waals surface area contributed by atoms with Crippen molar-refractivity contribution >= 4 is 43.5 Å². The lowest BCUT2D eigenvalue weighted by atomic mass is 9.79. The lowest BCUT2D eigenvalue weighted by Gasteiger charge is -2.24. The number of rotatable bonds is 4. The molecule has 0 fully saturated rings. The van der Waals surface area contributed by atoms with E-state index in [4.69, 9.17) is 4.42 Å². The molecule has 0 radical (unpaired) electrons. The van der Waals surface area contributed by atoms with Gasteiger partial charge in [0, 0.05) is 39.6 Å². The Bertz CT molecular complexity index is 3900. The molecule has 0 aliphatic heterocycles. The highest BCUT2D eigenvalue weighted by molar-refractivity contribution is 6.23. The molecule has 0 saturated carbocycles. The number of nitrogens with zero attached hydrogens (tertiary/aromatic N) is 2. The first-order valence-corrected chi connectivity index (χ1v) is 22.5. The minimum absolute atomic E-state index is 0.153. The van der Waals surface area contributed by atoms with Crippen molar-refractivity contribution in [2.45, 2.75) is 38.5 Å². The van der Waals surface area contributed by atoms with E-state index in [1.807, 2.05) is 36.7 Å². The number of hydrogen-bond acceptors (Lipinski definition) is 3. The van der Waals surface area contributed by atoms with Gasteiger partial charge < -0.3 is 4.42 Å². The summed E-state index contributed by atoms with van der Waals surface area (Å²) in [6.07, 6.45) is 3.80. The van der Waals surface area contributed by atoms with Crippen molar-refractivity contribution in [2.75, 3.05) is 0 Å². The van der Waals surface area contributed by atoms with Crippen LogP contribution < -0.4 is 0 Å². The second-order valence-electron chi connectivity index (χ2n) is 19.0. The average molecular weight is 831 g/mol. The van der Waals surface area contributed by atoms with E-state index < -0.39 is 0 Å². The van der Waals surface area contributed by atoms with Crippen LogP contribution in [0.3, 0.4) is 0 Å². The minimum atomic E-state index is -0.158.